The third-order valence-corrected chi connectivity index (χ3v) is 11.2. The minimum absolute atomic E-state index is 0.0240. The number of hydrogen-bond donors (Lipinski definition) is 2. The van der Waals surface area contributed by atoms with E-state index in [2.05, 4.69) is 45.7 Å². The van der Waals surface area contributed by atoms with Gasteiger partial charge in [0.1, 0.15) is 18.0 Å². The molecule has 13 nitrogen and oxygen atoms in total. The predicted octanol–water partition coefficient (Wildman–Crippen LogP) is 8.13. The molecule has 0 spiro atoms. The number of rotatable bonds is 7. The molecule has 2 N–H and O–H groups in total. The van der Waals surface area contributed by atoms with Crippen molar-refractivity contribution < 1.29 is 27.5 Å². The highest BCUT2D eigenvalue weighted by molar-refractivity contribution is 7.92. The molecule has 1 atom stereocenters. The second kappa shape index (κ2) is 15.7. The number of amides is 2. The first-order valence-electron chi connectivity index (χ1n) is 19.0. The van der Waals surface area contributed by atoms with E-state index in [1.807, 2.05) is 45.2 Å². The number of nitrogens with one attached hydrogen (secondary N) is 2. The molecule has 0 saturated heterocycles. The molecule has 1 fully saturated rings. The molecular formula is C42H53N7O6S. The Bertz CT molecular complexity index is 2210. The van der Waals surface area contributed by atoms with Crippen molar-refractivity contribution in [3.05, 3.63) is 83.0 Å². The van der Waals surface area contributed by atoms with E-state index in [1.165, 1.54) is 12.1 Å². The van der Waals surface area contributed by atoms with E-state index >= 15 is 0 Å². The van der Waals surface area contributed by atoms with Crippen molar-refractivity contribution in [2.45, 2.75) is 110 Å². The van der Waals surface area contributed by atoms with Gasteiger partial charge in [-0.05, 0) is 101 Å². The summed E-state index contributed by atoms with van der Waals surface area (Å²) in [7, 11) is -2.26. The Morgan fingerprint density at radius 2 is 1.68 bits per heavy atom. The van der Waals surface area contributed by atoms with E-state index in [0.717, 1.165) is 36.0 Å². The summed E-state index contributed by atoms with van der Waals surface area (Å²) in [5.41, 5.74) is 3.42. The van der Waals surface area contributed by atoms with Crippen molar-refractivity contribution >= 4 is 39.5 Å². The van der Waals surface area contributed by atoms with Crippen LogP contribution in [-0.2, 0) is 21.3 Å². The van der Waals surface area contributed by atoms with Gasteiger partial charge in [0.05, 0.1) is 28.9 Å². The molecule has 0 radical (unpaired) electrons. The number of benzene rings is 2. The van der Waals surface area contributed by atoms with Crippen LogP contribution in [0.15, 0.2) is 65.6 Å². The number of carbonyl (C=O) groups excluding carboxylic acids is 2. The molecule has 2 aliphatic rings. The third kappa shape index (κ3) is 9.76. The molecule has 56 heavy (non-hydrogen) atoms. The van der Waals surface area contributed by atoms with Crippen molar-refractivity contribution in [3.8, 4) is 17.1 Å². The normalized spacial score (nSPS) is 17.3. The van der Waals surface area contributed by atoms with Crippen LogP contribution in [0.25, 0.3) is 11.3 Å². The van der Waals surface area contributed by atoms with Crippen LogP contribution in [0.2, 0.25) is 0 Å². The van der Waals surface area contributed by atoms with E-state index < -0.39 is 33.7 Å². The topological polar surface area (TPSA) is 156 Å². The quantitative estimate of drug-likeness (QED) is 0.188. The van der Waals surface area contributed by atoms with Crippen LogP contribution in [0.5, 0.6) is 5.88 Å². The first kappa shape index (κ1) is 40.4. The van der Waals surface area contributed by atoms with E-state index in [1.54, 1.807) is 49.9 Å². The van der Waals surface area contributed by atoms with Crippen LogP contribution in [0.4, 0.5) is 22.2 Å². The number of nitrogens with zero attached hydrogens (tertiary/aromatic N) is 5. The number of aryl methyl sites for hydroxylation is 2. The number of hydrogen-bond acceptors (Lipinski definition) is 10. The average Bonchev–Trinajstić information content (AvgIpc) is 3.06. The predicted molar refractivity (Wildman–Crippen MR) is 218 cm³/mol. The number of carbonyl (C=O) groups is 2. The Labute approximate surface area is 330 Å². The van der Waals surface area contributed by atoms with Crippen molar-refractivity contribution in [1.29, 1.82) is 0 Å². The monoisotopic (exact) mass is 783 g/mol. The van der Waals surface area contributed by atoms with E-state index in [0.29, 0.717) is 35.4 Å². The van der Waals surface area contributed by atoms with Crippen LogP contribution in [0.3, 0.4) is 0 Å². The van der Waals surface area contributed by atoms with Gasteiger partial charge >= 0.3 is 6.09 Å². The van der Waals surface area contributed by atoms with E-state index in [9.17, 15) is 18.0 Å². The lowest BCUT2D eigenvalue weighted by molar-refractivity contribution is 0.0508. The Hall–Kier alpha value is -5.24. The summed E-state index contributed by atoms with van der Waals surface area (Å²) < 4.78 is 42.3. The summed E-state index contributed by atoms with van der Waals surface area (Å²) in [5, 5.41) is 2.87. The molecule has 0 unspecified atom stereocenters. The third-order valence-electron chi connectivity index (χ3n) is 9.86. The van der Waals surface area contributed by atoms with E-state index in [4.69, 9.17) is 14.5 Å². The molecule has 1 aliphatic carbocycles. The second-order valence-electron chi connectivity index (χ2n) is 17.0. The van der Waals surface area contributed by atoms with Gasteiger partial charge in [0, 0.05) is 42.0 Å². The molecule has 4 aromatic rings. The summed E-state index contributed by atoms with van der Waals surface area (Å²) in [6, 6.07) is 16.8. The molecule has 4 bridgehead atoms. The van der Waals surface area contributed by atoms with Crippen molar-refractivity contribution in [2.75, 3.05) is 28.6 Å². The zero-order valence-corrected chi connectivity index (χ0v) is 34.6. The van der Waals surface area contributed by atoms with Crippen molar-refractivity contribution in [1.82, 2.24) is 19.9 Å². The van der Waals surface area contributed by atoms with Gasteiger partial charge in [-0.15, -0.1) is 0 Å². The number of sulfonamides is 1. The van der Waals surface area contributed by atoms with Gasteiger partial charge in [-0.2, -0.15) is 4.98 Å². The lowest BCUT2D eigenvalue weighted by Gasteiger charge is -2.37. The molecule has 1 saturated carbocycles. The molecule has 2 aromatic carbocycles. The maximum atomic E-state index is 14.8. The van der Waals surface area contributed by atoms with Gasteiger partial charge in [0.25, 0.3) is 15.9 Å². The molecular weight excluding hydrogens is 731 g/mol. The summed E-state index contributed by atoms with van der Waals surface area (Å²) in [4.78, 5) is 45.6. The first-order valence-corrected chi connectivity index (χ1v) is 20.5. The summed E-state index contributed by atoms with van der Waals surface area (Å²) in [5.74, 6) is 0.238. The summed E-state index contributed by atoms with van der Waals surface area (Å²) in [6.45, 7) is 15.6. The molecule has 14 heteroatoms. The molecule has 1 aliphatic heterocycles. The second-order valence-corrected chi connectivity index (χ2v) is 18.7. The van der Waals surface area contributed by atoms with Gasteiger partial charge in [0.15, 0.2) is 0 Å². The van der Waals surface area contributed by atoms with E-state index in [-0.39, 0.29) is 40.9 Å². The molecule has 298 valence electrons. The minimum atomic E-state index is -4.24. The maximum Gasteiger partial charge on any atom is 0.412 e. The summed E-state index contributed by atoms with van der Waals surface area (Å²) >= 11 is 0. The van der Waals surface area contributed by atoms with Crippen LogP contribution < -0.4 is 19.7 Å². The van der Waals surface area contributed by atoms with Crippen LogP contribution in [0, 0.1) is 19.3 Å². The smallest absolute Gasteiger partial charge is 0.412 e. The van der Waals surface area contributed by atoms with Gasteiger partial charge in [-0.3, -0.25) is 10.1 Å². The van der Waals surface area contributed by atoms with Gasteiger partial charge in [-0.25, -0.2) is 27.9 Å². The highest BCUT2D eigenvalue weighted by Crippen LogP contribution is 2.33. The van der Waals surface area contributed by atoms with Crippen molar-refractivity contribution in [3.63, 3.8) is 0 Å². The number of fused-ring (bicyclic) bond motifs is 4. The zero-order valence-electron chi connectivity index (χ0n) is 33.8. The number of anilines is 3. The number of ether oxygens (including phenoxy) is 2. The lowest BCUT2D eigenvalue weighted by Crippen LogP contribution is -2.45. The fourth-order valence-corrected chi connectivity index (χ4v) is 8.00. The van der Waals surface area contributed by atoms with Crippen LogP contribution in [-0.4, -0.2) is 71.6 Å². The highest BCUT2D eigenvalue weighted by Gasteiger charge is 2.33. The maximum absolute atomic E-state index is 14.8. The van der Waals surface area contributed by atoms with Crippen molar-refractivity contribution in [2.24, 2.45) is 5.41 Å². The highest BCUT2D eigenvalue weighted by atomic mass is 32.2. The zero-order chi connectivity index (χ0) is 40.6. The van der Waals surface area contributed by atoms with Gasteiger partial charge in [0.2, 0.25) is 11.8 Å². The molecule has 3 heterocycles. The fourth-order valence-electron chi connectivity index (χ4n) is 7.01. The molecule has 2 amide bonds. The first-order chi connectivity index (χ1) is 26.2. The average molecular weight is 784 g/mol. The SMILES string of the molecule is Cc1cccc(C)c1-c1cc2nc(n1)NS(=O)(=O)c1cccc(c1)C(=O)N(Cc1cc(NC(=O)OC(C)(C)C)cc(N(C)C3CCC3)n1)[C@H](CC(C)(C)C)CO2. The molecule has 6 rings (SSSR count). The number of pyridine rings is 1. The van der Waals surface area contributed by atoms with Crippen LogP contribution in [0.1, 0.15) is 94.4 Å². The van der Waals surface area contributed by atoms with Gasteiger partial charge < -0.3 is 19.3 Å². The van der Waals surface area contributed by atoms with Crippen LogP contribution >= 0.6 is 0 Å². The lowest BCUT2D eigenvalue weighted by atomic mass is 9.87. The Kier molecular flexibility index (Phi) is 11.3. The largest absolute Gasteiger partial charge is 0.475 e. The number of aromatic nitrogens is 3. The Morgan fingerprint density at radius 1 is 0.982 bits per heavy atom. The minimum Gasteiger partial charge on any atom is -0.475 e. The Morgan fingerprint density at radius 3 is 2.32 bits per heavy atom. The summed E-state index contributed by atoms with van der Waals surface area (Å²) in [6.07, 6.45) is 3.08. The molecule has 2 aromatic heterocycles. The van der Waals surface area contributed by atoms with Gasteiger partial charge in [-0.1, -0.05) is 45.0 Å². The standard InChI is InChI=1S/C42H53N7O6S/c1-26-13-10-14-27(2)37(26)34-22-36-46-39(45-34)47-56(52,53)33-18-11-15-28(19-33)38(50)49(32(25-54-36)23-41(3,4)5)24-30-20-29(44-40(51)55-42(6,7)8)21-35(43-30)48(9)31-16-12-17-31/h10-11,13-15,18-22,31-32H,12,16-17,23-25H2,1-9H3,(H,43,44,51)(H,45,46,47)/t32-/m1/s1. The Balaban J connectivity index is 1.47. The fraction of sp³-hybridized carbons (Fsp3) is 0.452.